The van der Waals surface area contributed by atoms with Gasteiger partial charge in [0.2, 0.25) is 11.7 Å². The first kappa shape index (κ1) is 14.0. The Morgan fingerprint density at radius 2 is 2.25 bits per heavy atom. The second kappa shape index (κ2) is 6.65. The summed E-state index contributed by atoms with van der Waals surface area (Å²) in [5.74, 6) is 0.994. The summed E-state index contributed by atoms with van der Waals surface area (Å²) in [7, 11) is 0. The number of aromatic nitrogens is 4. The number of carbonyl (C=O) groups excluding carboxylic acids is 1. The van der Waals surface area contributed by atoms with Crippen LogP contribution in [0.2, 0.25) is 0 Å². The Kier molecular flexibility index (Phi) is 4.65. The fraction of sp³-hybridized carbons (Fsp3) is 0.385. The number of aromatic amines is 1. The topological polar surface area (TPSA) is 92.8 Å². The second-order valence-electron chi connectivity index (χ2n) is 4.13. The normalized spacial score (nSPS) is 10.3. The third kappa shape index (κ3) is 3.53. The molecule has 7 nitrogen and oxygen atoms in total. The lowest BCUT2D eigenvalue weighted by Gasteiger charge is -2.04. The van der Waals surface area contributed by atoms with Gasteiger partial charge in [-0.25, -0.2) is 9.97 Å². The molecule has 2 aromatic rings. The molecule has 0 spiro atoms. The molecule has 0 atom stereocenters. The summed E-state index contributed by atoms with van der Waals surface area (Å²) in [5.41, 5.74) is 0.570. The average Bonchev–Trinajstić information content (AvgIpc) is 2.90. The highest BCUT2D eigenvalue weighted by Crippen LogP contribution is 2.12. The number of nitrogens with zero attached hydrogens (tertiary/aromatic N) is 3. The molecule has 0 aliphatic rings. The van der Waals surface area contributed by atoms with Crippen molar-refractivity contribution in [1.29, 1.82) is 0 Å². The Bertz CT molecular complexity index is 564. The number of rotatable bonds is 6. The highest BCUT2D eigenvalue weighted by atomic mass is 16.5. The standard InChI is InChI=1S/C13H17N5O2/c1-3-5-10-16-12(18-17-10)13(19)15-9-6-7-11(14-8-9)20-4-2/h6-8H,3-5H2,1-2H3,(H,15,19)(H,16,17,18). The molecule has 2 N–H and O–H groups in total. The van der Waals surface area contributed by atoms with Gasteiger partial charge in [-0.2, -0.15) is 0 Å². The van der Waals surface area contributed by atoms with Crippen molar-refractivity contribution in [3.05, 3.63) is 30.0 Å². The summed E-state index contributed by atoms with van der Waals surface area (Å²) in [5, 5.41) is 9.31. The molecule has 0 aromatic carbocycles. The fourth-order valence-corrected chi connectivity index (χ4v) is 1.62. The zero-order chi connectivity index (χ0) is 14.4. The summed E-state index contributed by atoms with van der Waals surface area (Å²) in [6, 6.07) is 3.41. The first-order valence-corrected chi connectivity index (χ1v) is 6.54. The summed E-state index contributed by atoms with van der Waals surface area (Å²) in [6.07, 6.45) is 3.24. The lowest BCUT2D eigenvalue weighted by Crippen LogP contribution is -2.14. The Morgan fingerprint density at radius 1 is 1.40 bits per heavy atom. The van der Waals surface area contributed by atoms with E-state index in [4.69, 9.17) is 4.74 Å². The van der Waals surface area contributed by atoms with Gasteiger partial charge in [-0.1, -0.05) is 6.92 Å². The molecule has 0 aliphatic carbocycles. The number of H-pyrrole nitrogens is 1. The molecule has 2 aromatic heterocycles. The first-order valence-electron chi connectivity index (χ1n) is 6.54. The van der Waals surface area contributed by atoms with E-state index in [1.807, 2.05) is 13.8 Å². The first-order chi connectivity index (χ1) is 9.72. The van der Waals surface area contributed by atoms with Crippen molar-refractivity contribution in [3.63, 3.8) is 0 Å². The number of nitrogens with one attached hydrogen (secondary N) is 2. The molecular weight excluding hydrogens is 258 g/mol. The van der Waals surface area contributed by atoms with Gasteiger partial charge in [0.15, 0.2) is 0 Å². The van der Waals surface area contributed by atoms with Gasteiger partial charge in [0.05, 0.1) is 18.5 Å². The molecule has 2 rings (SSSR count). The molecule has 1 amide bonds. The Hall–Kier alpha value is -2.44. The van der Waals surface area contributed by atoms with E-state index < -0.39 is 0 Å². The van der Waals surface area contributed by atoms with Crippen LogP contribution in [-0.4, -0.2) is 32.7 Å². The van der Waals surface area contributed by atoms with Crippen molar-refractivity contribution in [1.82, 2.24) is 20.2 Å². The molecule has 0 radical (unpaired) electrons. The third-order valence-corrected chi connectivity index (χ3v) is 2.51. The molecule has 7 heteroatoms. The minimum absolute atomic E-state index is 0.127. The summed E-state index contributed by atoms with van der Waals surface area (Å²) >= 11 is 0. The molecule has 0 saturated heterocycles. The minimum Gasteiger partial charge on any atom is -0.478 e. The van der Waals surface area contributed by atoms with Gasteiger partial charge in [0.1, 0.15) is 5.82 Å². The lowest BCUT2D eigenvalue weighted by atomic mass is 10.3. The SMILES string of the molecule is CCCc1nc(C(=O)Nc2ccc(OCC)nc2)n[nH]1. The molecule has 0 saturated carbocycles. The number of hydrogen-bond acceptors (Lipinski definition) is 5. The maximum atomic E-state index is 11.9. The summed E-state index contributed by atoms with van der Waals surface area (Å²) in [6.45, 7) is 4.47. The van der Waals surface area contributed by atoms with Crippen LogP contribution < -0.4 is 10.1 Å². The highest BCUT2D eigenvalue weighted by molar-refractivity contribution is 6.01. The van der Waals surface area contributed by atoms with E-state index in [1.165, 1.54) is 6.20 Å². The van der Waals surface area contributed by atoms with Crippen LogP contribution in [0.4, 0.5) is 5.69 Å². The van der Waals surface area contributed by atoms with E-state index in [0.29, 0.717) is 24.0 Å². The minimum atomic E-state index is -0.366. The maximum absolute atomic E-state index is 11.9. The van der Waals surface area contributed by atoms with Gasteiger partial charge in [-0.05, 0) is 19.4 Å². The average molecular weight is 275 g/mol. The summed E-state index contributed by atoms with van der Waals surface area (Å²) in [4.78, 5) is 20.1. The van der Waals surface area contributed by atoms with Gasteiger partial charge in [0.25, 0.3) is 5.91 Å². The van der Waals surface area contributed by atoms with Crippen molar-refractivity contribution in [2.75, 3.05) is 11.9 Å². The Labute approximate surface area is 116 Å². The number of anilines is 1. The van der Waals surface area contributed by atoms with Crippen molar-refractivity contribution in [3.8, 4) is 5.88 Å². The number of carbonyl (C=O) groups is 1. The number of pyridine rings is 1. The molecule has 0 aliphatic heterocycles. The smallest absolute Gasteiger partial charge is 0.295 e. The molecule has 0 bridgehead atoms. The monoisotopic (exact) mass is 275 g/mol. The fourth-order valence-electron chi connectivity index (χ4n) is 1.62. The lowest BCUT2D eigenvalue weighted by molar-refractivity contribution is 0.101. The third-order valence-electron chi connectivity index (χ3n) is 2.51. The summed E-state index contributed by atoms with van der Waals surface area (Å²) < 4.78 is 5.23. The van der Waals surface area contributed by atoms with Crippen LogP contribution in [-0.2, 0) is 6.42 Å². The zero-order valence-corrected chi connectivity index (χ0v) is 11.5. The van der Waals surface area contributed by atoms with E-state index >= 15 is 0 Å². The van der Waals surface area contributed by atoms with Crippen LogP contribution >= 0.6 is 0 Å². The predicted molar refractivity (Wildman–Crippen MR) is 73.7 cm³/mol. The van der Waals surface area contributed by atoms with Crippen LogP contribution in [0.25, 0.3) is 0 Å². The van der Waals surface area contributed by atoms with Crippen molar-refractivity contribution < 1.29 is 9.53 Å². The van der Waals surface area contributed by atoms with Gasteiger partial charge in [0, 0.05) is 12.5 Å². The van der Waals surface area contributed by atoms with Crippen LogP contribution in [0.3, 0.4) is 0 Å². The van der Waals surface area contributed by atoms with E-state index in [2.05, 4.69) is 25.5 Å². The number of amides is 1. The molecule has 2 heterocycles. The van der Waals surface area contributed by atoms with Gasteiger partial charge >= 0.3 is 0 Å². The van der Waals surface area contributed by atoms with Crippen LogP contribution in [0.15, 0.2) is 18.3 Å². The highest BCUT2D eigenvalue weighted by Gasteiger charge is 2.12. The largest absolute Gasteiger partial charge is 0.478 e. The Morgan fingerprint density at radius 3 is 2.90 bits per heavy atom. The van der Waals surface area contributed by atoms with E-state index in [-0.39, 0.29) is 11.7 Å². The van der Waals surface area contributed by atoms with Gasteiger partial charge < -0.3 is 10.1 Å². The van der Waals surface area contributed by atoms with E-state index in [0.717, 1.165) is 12.8 Å². The molecule has 0 fully saturated rings. The number of hydrogen-bond donors (Lipinski definition) is 2. The van der Waals surface area contributed by atoms with Crippen molar-refractivity contribution >= 4 is 11.6 Å². The van der Waals surface area contributed by atoms with Crippen LogP contribution in [0, 0.1) is 0 Å². The van der Waals surface area contributed by atoms with E-state index in [9.17, 15) is 4.79 Å². The predicted octanol–water partition coefficient (Wildman–Crippen LogP) is 1.80. The zero-order valence-electron chi connectivity index (χ0n) is 11.5. The second-order valence-corrected chi connectivity index (χ2v) is 4.13. The van der Waals surface area contributed by atoms with Crippen LogP contribution in [0.5, 0.6) is 5.88 Å². The van der Waals surface area contributed by atoms with E-state index in [1.54, 1.807) is 12.1 Å². The van der Waals surface area contributed by atoms with Crippen molar-refractivity contribution in [2.24, 2.45) is 0 Å². The molecule has 106 valence electrons. The van der Waals surface area contributed by atoms with Gasteiger partial charge in [-0.15, -0.1) is 5.10 Å². The Balaban J connectivity index is 1.99. The quantitative estimate of drug-likeness (QED) is 0.838. The van der Waals surface area contributed by atoms with Crippen LogP contribution in [0.1, 0.15) is 36.7 Å². The van der Waals surface area contributed by atoms with Gasteiger partial charge in [-0.3, -0.25) is 9.89 Å². The molecule has 0 unspecified atom stereocenters. The molecule has 20 heavy (non-hydrogen) atoms. The number of ether oxygens (including phenoxy) is 1. The maximum Gasteiger partial charge on any atom is 0.295 e. The molecular formula is C13H17N5O2. The van der Waals surface area contributed by atoms with Crippen molar-refractivity contribution in [2.45, 2.75) is 26.7 Å². The number of aryl methyl sites for hydroxylation is 1.